The maximum Gasteiger partial charge on any atom is 0.416 e. The predicted octanol–water partition coefficient (Wildman–Crippen LogP) is 13.8. The molecule has 0 unspecified atom stereocenters. The van der Waals surface area contributed by atoms with Crippen LogP contribution >= 0.6 is 0 Å². The number of benzene rings is 6. The summed E-state index contributed by atoms with van der Waals surface area (Å²) in [6.07, 6.45) is -13.3. The molecule has 6 aromatic carbocycles. The molecule has 0 bridgehead atoms. The molecule has 12 rings (SSSR count). The molecule has 6 heterocycles. The van der Waals surface area contributed by atoms with E-state index < -0.39 is 106 Å². The third-order valence-corrected chi connectivity index (χ3v) is 17.7. The molecule has 6 N–H and O–H groups in total. The van der Waals surface area contributed by atoms with Crippen molar-refractivity contribution in [2.24, 2.45) is 5.73 Å². The van der Waals surface area contributed by atoms with Gasteiger partial charge in [-0.3, -0.25) is 9.59 Å². The minimum absolute atomic E-state index is 0.0723. The van der Waals surface area contributed by atoms with Crippen LogP contribution in [0.25, 0.3) is 0 Å². The first kappa shape index (κ1) is 80.4. The number of ether oxygens (including phenoxy) is 2. The van der Waals surface area contributed by atoms with E-state index in [1.54, 1.807) is 89.7 Å². The minimum atomic E-state index is -4.46. The number of carbonyl (C=O) groups excluding carboxylic acids is 4. The van der Waals surface area contributed by atoms with Crippen LogP contribution in [0.5, 0.6) is 0 Å². The van der Waals surface area contributed by atoms with Crippen molar-refractivity contribution >= 4 is 53.1 Å². The number of nitrogens with two attached hydrogens (primary N) is 1. The van der Waals surface area contributed by atoms with E-state index in [2.05, 4.69) is 35.4 Å². The summed E-state index contributed by atoms with van der Waals surface area (Å²) in [5.41, 5.74) is 7.47. The molecule has 0 fully saturated rings. The van der Waals surface area contributed by atoms with Crippen LogP contribution in [-0.2, 0) is 67.3 Å². The molecule has 3 aromatic heterocycles. The van der Waals surface area contributed by atoms with E-state index in [9.17, 15) is 86.6 Å². The number of amides is 2. The Morgan fingerprint density at radius 3 is 1.05 bits per heavy atom. The summed E-state index contributed by atoms with van der Waals surface area (Å²) in [6, 6.07) is 25.5. The fourth-order valence-corrected chi connectivity index (χ4v) is 12.4. The van der Waals surface area contributed by atoms with Crippen molar-refractivity contribution in [2.45, 2.75) is 117 Å². The summed E-state index contributed by atoms with van der Waals surface area (Å²) in [6.45, 7) is 13.5. The van der Waals surface area contributed by atoms with Gasteiger partial charge in [-0.05, 0) is 148 Å². The first-order chi connectivity index (χ1) is 50.8. The lowest BCUT2D eigenvalue weighted by atomic mass is 10.0. The number of methoxy groups -OCH3 is 2. The second-order valence-corrected chi connectivity index (χ2v) is 25.4. The topological polar surface area (TPSA) is 275 Å². The molecule has 22 nitrogen and oxygen atoms in total. The first-order valence-corrected chi connectivity index (χ1v) is 33.1. The number of nitrogens with zero attached hydrogens (tertiary/aromatic N) is 9. The highest BCUT2D eigenvalue weighted by atomic mass is 19.4. The predicted molar refractivity (Wildman–Crippen MR) is 369 cm³/mol. The van der Waals surface area contributed by atoms with E-state index >= 15 is 0 Å². The summed E-state index contributed by atoms with van der Waals surface area (Å²) in [5, 5.41) is 36.9. The molecule has 34 heteroatoms. The van der Waals surface area contributed by atoms with Gasteiger partial charge in [0.15, 0.2) is 0 Å². The Morgan fingerprint density at radius 1 is 0.444 bits per heavy atom. The summed E-state index contributed by atoms with van der Waals surface area (Å²) >= 11 is 0. The fraction of sp³-hybridized carbons (Fsp3) is 0.311. The number of aromatic carboxylic acids is 2. The van der Waals surface area contributed by atoms with E-state index in [1.807, 2.05) is 4.90 Å². The number of alkyl halides is 9. The molecule has 9 aromatic rings. The highest BCUT2D eigenvalue weighted by Gasteiger charge is 2.37. The maximum absolute atomic E-state index is 14.4. The molecule has 108 heavy (non-hydrogen) atoms. The lowest BCUT2D eigenvalue weighted by Crippen LogP contribution is -2.29. The highest BCUT2D eigenvalue weighted by molar-refractivity contribution is 6.02. The normalized spacial score (nSPS) is 13.8. The number of carboxylic acids is 2. The van der Waals surface area contributed by atoms with Gasteiger partial charge < -0.3 is 50.8 Å². The van der Waals surface area contributed by atoms with E-state index in [1.165, 1.54) is 55.6 Å². The monoisotopic (exact) mass is 1520 g/mol. The third-order valence-electron chi connectivity index (χ3n) is 17.7. The fourth-order valence-electron chi connectivity index (χ4n) is 12.4. The number of anilines is 3. The molecule has 0 saturated carbocycles. The summed E-state index contributed by atoms with van der Waals surface area (Å²) in [4.78, 5) is 76.9. The van der Waals surface area contributed by atoms with Crippen LogP contribution in [-0.4, -0.2) is 109 Å². The number of carbonyl (C=O) groups is 6. The number of aryl methyl sites for hydroxylation is 3. The number of aromatic nitrogens is 6. The summed E-state index contributed by atoms with van der Waals surface area (Å²) in [7, 11) is 2.36. The van der Waals surface area contributed by atoms with E-state index in [0.29, 0.717) is 113 Å². The van der Waals surface area contributed by atoms with Crippen molar-refractivity contribution < 1.29 is 101 Å². The Bertz CT molecular complexity index is 4880. The minimum Gasteiger partial charge on any atom is -0.478 e. The standard InChI is InChI=1S/C25H24F4N4O3.C24H22F4N4O3.C15H14F3N3O2.C10H12FNO2/c1-14(17-7-8-19(20(26)12-17)24(35)36-3)30-22(34)21-15(2)31-33-10-9-32(23(21)33)13-16-5-4-6-18(11-16)25(27,28)29;1-13(16-6-7-18(23(34)35)19(25)11-16)29-21(33)20-14(2)30-32-9-8-31(22(20)32)12-15-4-3-5-17(10-15)24(26,27)28;1-9-12(14(22)23)13-20(5-6-21(13)19-9)8-10-3-2-4-11(7-10)15(16,17)18;1-6(12)7-3-4-8(9(11)5-7)10(13)14-2/h4-8,11-12,14H,9-10,13H2,1-3H3,(H,30,34);3-7,10-11,13H,8-9,12H2,1-2H3,(H,29,33)(H,34,35);2-4,7H,5-6,8H2,1H3,(H,22,23);3-6H,12H2,1-2H3/t14-;13-;;6-/m00.0/s1. The Morgan fingerprint density at radius 2 is 0.750 bits per heavy atom. The smallest absolute Gasteiger partial charge is 0.416 e. The maximum atomic E-state index is 14.4. The molecular formula is C74H72F12N12O10. The van der Waals surface area contributed by atoms with Crippen LogP contribution in [0.1, 0.15) is 168 Å². The summed E-state index contributed by atoms with van der Waals surface area (Å²) in [5.74, 6) is -5.71. The molecule has 572 valence electrons. The Labute approximate surface area is 609 Å². The van der Waals surface area contributed by atoms with E-state index in [4.69, 9.17) is 10.8 Å². The van der Waals surface area contributed by atoms with Crippen molar-refractivity contribution in [1.29, 1.82) is 0 Å². The Balaban J connectivity index is 0.000000175. The number of nitrogens with one attached hydrogen (secondary N) is 2. The molecule has 0 saturated heterocycles. The van der Waals surface area contributed by atoms with Crippen LogP contribution in [0.2, 0.25) is 0 Å². The van der Waals surface area contributed by atoms with Crippen LogP contribution in [0.4, 0.5) is 70.1 Å². The molecule has 2 amide bonds. The molecule has 3 atom stereocenters. The van der Waals surface area contributed by atoms with Crippen molar-refractivity contribution in [3.63, 3.8) is 0 Å². The van der Waals surface area contributed by atoms with Gasteiger partial charge in [0.2, 0.25) is 0 Å². The molecule has 0 spiro atoms. The zero-order valence-corrected chi connectivity index (χ0v) is 59.0. The van der Waals surface area contributed by atoms with Gasteiger partial charge in [0.1, 0.15) is 51.6 Å². The van der Waals surface area contributed by atoms with Gasteiger partial charge in [-0.1, -0.05) is 54.6 Å². The number of fused-ring (bicyclic) bond motifs is 3. The first-order valence-electron chi connectivity index (χ1n) is 33.1. The van der Waals surface area contributed by atoms with E-state index in [-0.39, 0.29) is 47.9 Å². The van der Waals surface area contributed by atoms with Crippen molar-refractivity contribution in [1.82, 2.24) is 40.0 Å². The third kappa shape index (κ3) is 18.6. The number of hydrogen-bond acceptors (Lipinski definition) is 15. The average Bonchev–Trinajstić information content (AvgIpc) is 1.62. The SMILES string of the molecule is COC(=O)c1ccc([C@H](C)N)cc1F.COC(=O)c1ccc([C@H](C)NC(=O)c2c(C)nn3c2N(Cc2cccc(C(F)(F)F)c2)CC3)cc1F.Cc1nn2c(c1C(=O)N[C@@H](C)c1ccc(C(=O)O)c(F)c1)N(Cc1cccc(C(F)(F)F)c1)CC2.Cc1nn2c(c1C(=O)O)N(Cc1cccc(C(F)(F)F)c1)CC2. The Kier molecular flexibility index (Phi) is 24.5. The van der Waals surface area contributed by atoms with Gasteiger partial charge in [-0.2, -0.15) is 54.8 Å². The van der Waals surface area contributed by atoms with Crippen molar-refractivity contribution in [2.75, 3.05) is 48.6 Å². The number of esters is 2. The lowest BCUT2D eigenvalue weighted by molar-refractivity contribution is -0.138. The molecule has 0 radical (unpaired) electrons. The molecule has 3 aliphatic rings. The molecular weight excluding hydrogens is 1440 g/mol. The van der Waals surface area contributed by atoms with Crippen LogP contribution in [0.3, 0.4) is 0 Å². The van der Waals surface area contributed by atoms with E-state index in [0.717, 1.165) is 61.7 Å². The zero-order chi connectivity index (χ0) is 79.2. The van der Waals surface area contributed by atoms with Gasteiger partial charge in [0.25, 0.3) is 11.8 Å². The number of halogens is 12. The Hall–Kier alpha value is -11.7. The second-order valence-electron chi connectivity index (χ2n) is 25.4. The quantitative estimate of drug-likeness (QED) is 0.0418. The zero-order valence-electron chi connectivity index (χ0n) is 59.0. The second kappa shape index (κ2) is 33.0. The number of carboxylic acid groups (broad SMARTS) is 2. The van der Waals surface area contributed by atoms with Gasteiger partial charge in [0.05, 0.1) is 96.4 Å². The summed E-state index contributed by atoms with van der Waals surface area (Å²) < 4.78 is 173. The number of hydrogen-bond donors (Lipinski definition) is 5. The van der Waals surface area contributed by atoms with Crippen LogP contribution in [0.15, 0.2) is 127 Å². The van der Waals surface area contributed by atoms with Crippen molar-refractivity contribution in [3.8, 4) is 0 Å². The van der Waals surface area contributed by atoms with Crippen LogP contribution < -0.4 is 31.1 Å². The van der Waals surface area contributed by atoms with Gasteiger partial charge in [0, 0.05) is 45.3 Å². The lowest BCUT2D eigenvalue weighted by Gasteiger charge is -2.21. The molecule has 0 aliphatic carbocycles. The van der Waals surface area contributed by atoms with Crippen LogP contribution in [0, 0.1) is 38.2 Å². The average molecular weight is 1520 g/mol. The van der Waals surface area contributed by atoms with Gasteiger partial charge >= 0.3 is 42.4 Å². The van der Waals surface area contributed by atoms with Gasteiger partial charge in [-0.25, -0.2) is 46.4 Å². The largest absolute Gasteiger partial charge is 0.478 e. The molecule has 3 aliphatic heterocycles. The van der Waals surface area contributed by atoms with Gasteiger partial charge in [-0.15, -0.1) is 0 Å². The van der Waals surface area contributed by atoms with Crippen molar-refractivity contribution in [3.05, 3.63) is 245 Å². The number of rotatable bonds is 17. The highest BCUT2D eigenvalue weighted by Crippen LogP contribution is 2.38.